The van der Waals surface area contributed by atoms with Crippen molar-refractivity contribution in [2.75, 3.05) is 25.5 Å². The molecule has 1 aliphatic rings. The molecule has 29 heavy (non-hydrogen) atoms. The molecule has 1 amide bonds. The average molecular weight is 393 g/mol. The van der Waals surface area contributed by atoms with Crippen molar-refractivity contribution in [3.63, 3.8) is 0 Å². The molecule has 1 aliphatic heterocycles. The summed E-state index contributed by atoms with van der Waals surface area (Å²) in [4.78, 5) is 26.1. The molecule has 4 heterocycles. The van der Waals surface area contributed by atoms with Crippen LogP contribution in [0.4, 0.5) is 5.69 Å². The van der Waals surface area contributed by atoms with Crippen molar-refractivity contribution in [2.24, 2.45) is 0 Å². The SMILES string of the molecule is CNCc1coc(-c2cnc3[nH]ccc3c2N[C@@H]2CCCN(C(=O)CC#N)C2)n1. The first-order valence-corrected chi connectivity index (χ1v) is 9.66. The summed E-state index contributed by atoms with van der Waals surface area (Å²) < 4.78 is 5.71. The molecule has 0 spiro atoms. The van der Waals surface area contributed by atoms with Crippen molar-refractivity contribution in [1.29, 1.82) is 5.26 Å². The maximum atomic E-state index is 12.1. The summed E-state index contributed by atoms with van der Waals surface area (Å²) in [6.07, 6.45) is 6.97. The van der Waals surface area contributed by atoms with E-state index in [1.807, 2.05) is 25.4 Å². The highest BCUT2D eigenvalue weighted by molar-refractivity contribution is 5.97. The minimum atomic E-state index is -0.120. The second kappa shape index (κ2) is 8.32. The number of piperidine rings is 1. The average Bonchev–Trinajstić information content (AvgIpc) is 3.39. The predicted molar refractivity (Wildman–Crippen MR) is 108 cm³/mol. The van der Waals surface area contributed by atoms with Crippen molar-refractivity contribution in [1.82, 2.24) is 25.2 Å². The van der Waals surface area contributed by atoms with Gasteiger partial charge in [0.2, 0.25) is 11.8 Å². The number of hydrogen-bond donors (Lipinski definition) is 3. The van der Waals surface area contributed by atoms with Gasteiger partial charge in [-0.05, 0) is 26.0 Å². The number of hydrogen-bond acceptors (Lipinski definition) is 7. The van der Waals surface area contributed by atoms with Crippen LogP contribution in [0.1, 0.15) is 25.0 Å². The van der Waals surface area contributed by atoms with E-state index in [9.17, 15) is 4.79 Å². The lowest BCUT2D eigenvalue weighted by molar-refractivity contribution is -0.131. The highest BCUT2D eigenvalue weighted by Crippen LogP contribution is 2.34. The van der Waals surface area contributed by atoms with Crippen LogP contribution in [-0.2, 0) is 11.3 Å². The molecule has 0 aliphatic carbocycles. The Morgan fingerprint density at radius 1 is 1.52 bits per heavy atom. The standard InChI is InChI=1S/C20H23N7O2/c1-22-9-14-12-29-20(26-14)16-10-24-19-15(5-7-23-19)18(16)25-13-3-2-8-27(11-13)17(28)4-6-21/h5,7,10,12-13,22H,2-4,8-9,11H2,1H3,(H2,23,24,25)/t13-/m1/s1. The number of pyridine rings is 1. The molecule has 9 heteroatoms. The number of oxazole rings is 1. The monoisotopic (exact) mass is 393 g/mol. The number of nitriles is 1. The normalized spacial score (nSPS) is 16.7. The molecule has 3 N–H and O–H groups in total. The van der Waals surface area contributed by atoms with E-state index in [4.69, 9.17) is 9.68 Å². The van der Waals surface area contributed by atoms with Crippen LogP contribution in [-0.4, -0.2) is 51.9 Å². The Morgan fingerprint density at radius 2 is 2.41 bits per heavy atom. The smallest absolute Gasteiger partial charge is 0.236 e. The lowest BCUT2D eigenvalue weighted by atomic mass is 10.0. The highest BCUT2D eigenvalue weighted by atomic mass is 16.3. The minimum Gasteiger partial charge on any atom is -0.444 e. The van der Waals surface area contributed by atoms with Gasteiger partial charge in [0.25, 0.3) is 0 Å². The molecule has 4 rings (SSSR count). The van der Waals surface area contributed by atoms with E-state index in [0.717, 1.165) is 40.8 Å². The van der Waals surface area contributed by atoms with Gasteiger partial charge in [0.1, 0.15) is 18.3 Å². The van der Waals surface area contributed by atoms with Crippen LogP contribution in [0, 0.1) is 11.3 Å². The van der Waals surface area contributed by atoms with E-state index in [2.05, 4.69) is 25.6 Å². The van der Waals surface area contributed by atoms with Crippen molar-refractivity contribution >= 4 is 22.6 Å². The van der Waals surface area contributed by atoms with E-state index in [1.54, 1.807) is 17.4 Å². The van der Waals surface area contributed by atoms with Gasteiger partial charge in [-0.25, -0.2) is 9.97 Å². The molecule has 0 bridgehead atoms. The van der Waals surface area contributed by atoms with Crippen LogP contribution in [0.5, 0.6) is 0 Å². The first-order chi connectivity index (χ1) is 14.2. The van der Waals surface area contributed by atoms with Gasteiger partial charge < -0.3 is 24.9 Å². The Kier molecular flexibility index (Phi) is 5.44. The third-order valence-electron chi connectivity index (χ3n) is 5.08. The Balaban J connectivity index is 1.64. The number of aromatic nitrogens is 3. The molecule has 9 nitrogen and oxygen atoms in total. The summed E-state index contributed by atoms with van der Waals surface area (Å²) in [7, 11) is 1.86. The summed E-state index contributed by atoms with van der Waals surface area (Å²) >= 11 is 0. The Bertz CT molecular complexity index is 1050. The summed E-state index contributed by atoms with van der Waals surface area (Å²) in [5.41, 5.74) is 3.24. The first kappa shape index (κ1) is 19.0. The molecular weight excluding hydrogens is 370 g/mol. The van der Waals surface area contributed by atoms with Gasteiger partial charge in [-0.15, -0.1) is 0 Å². The maximum absolute atomic E-state index is 12.1. The number of H-pyrrole nitrogens is 1. The predicted octanol–water partition coefficient (Wildman–Crippen LogP) is 2.25. The summed E-state index contributed by atoms with van der Waals surface area (Å²) in [5, 5.41) is 16.4. The fraction of sp³-hybridized carbons (Fsp3) is 0.400. The van der Waals surface area contributed by atoms with E-state index < -0.39 is 0 Å². The molecule has 1 saturated heterocycles. The first-order valence-electron chi connectivity index (χ1n) is 9.66. The number of fused-ring (bicyclic) bond motifs is 1. The number of nitrogens with one attached hydrogen (secondary N) is 3. The Morgan fingerprint density at radius 3 is 3.24 bits per heavy atom. The van der Waals surface area contributed by atoms with Gasteiger partial charge in [0, 0.05) is 43.5 Å². The summed E-state index contributed by atoms with van der Waals surface area (Å²) in [6.45, 7) is 1.87. The second-order valence-electron chi connectivity index (χ2n) is 7.12. The molecule has 3 aromatic rings. The zero-order valence-corrected chi connectivity index (χ0v) is 16.2. The minimum absolute atomic E-state index is 0.0670. The van der Waals surface area contributed by atoms with Gasteiger partial charge in [0.05, 0.1) is 23.0 Å². The number of nitrogens with zero attached hydrogens (tertiary/aromatic N) is 4. The highest BCUT2D eigenvalue weighted by Gasteiger charge is 2.25. The van der Waals surface area contributed by atoms with Crippen molar-refractivity contribution in [2.45, 2.75) is 31.8 Å². The van der Waals surface area contributed by atoms with Gasteiger partial charge in [-0.2, -0.15) is 5.26 Å². The van der Waals surface area contributed by atoms with Crippen LogP contribution in [0.3, 0.4) is 0 Å². The molecule has 0 saturated carbocycles. The number of carbonyl (C=O) groups excluding carboxylic acids is 1. The number of anilines is 1. The topological polar surface area (TPSA) is 123 Å². The third kappa shape index (κ3) is 3.93. The largest absolute Gasteiger partial charge is 0.444 e. The third-order valence-corrected chi connectivity index (χ3v) is 5.08. The van der Waals surface area contributed by atoms with Gasteiger partial charge in [-0.3, -0.25) is 4.79 Å². The van der Waals surface area contributed by atoms with Crippen LogP contribution < -0.4 is 10.6 Å². The number of likely N-dealkylation sites (tertiary alicyclic amines) is 1. The number of carbonyl (C=O) groups is 1. The number of aromatic amines is 1. The Labute approximate surface area is 168 Å². The fourth-order valence-electron chi connectivity index (χ4n) is 3.72. The van der Waals surface area contributed by atoms with Crippen LogP contribution in [0.25, 0.3) is 22.5 Å². The summed E-state index contributed by atoms with van der Waals surface area (Å²) in [6, 6.07) is 3.98. The second-order valence-corrected chi connectivity index (χ2v) is 7.12. The maximum Gasteiger partial charge on any atom is 0.236 e. The lowest BCUT2D eigenvalue weighted by Crippen LogP contribution is -2.45. The quantitative estimate of drug-likeness (QED) is 0.587. The zero-order chi connectivity index (χ0) is 20.2. The van der Waals surface area contributed by atoms with Crippen molar-refractivity contribution in [3.05, 3.63) is 30.4 Å². The van der Waals surface area contributed by atoms with E-state index in [1.165, 1.54) is 0 Å². The van der Waals surface area contributed by atoms with Crippen LogP contribution >= 0.6 is 0 Å². The van der Waals surface area contributed by atoms with E-state index >= 15 is 0 Å². The molecule has 0 unspecified atom stereocenters. The van der Waals surface area contributed by atoms with Gasteiger partial charge >= 0.3 is 0 Å². The molecule has 0 radical (unpaired) electrons. The van der Waals surface area contributed by atoms with E-state index in [0.29, 0.717) is 25.5 Å². The molecule has 1 fully saturated rings. The summed E-state index contributed by atoms with van der Waals surface area (Å²) in [5.74, 6) is 0.381. The van der Waals surface area contributed by atoms with Gasteiger partial charge in [0.15, 0.2) is 0 Å². The zero-order valence-electron chi connectivity index (χ0n) is 16.2. The molecule has 150 valence electrons. The van der Waals surface area contributed by atoms with Gasteiger partial charge in [-0.1, -0.05) is 0 Å². The fourth-order valence-corrected chi connectivity index (χ4v) is 3.72. The van der Waals surface area contributed by atoms with Crippen molar-refractivity contribution in [3.8, 4) is 17.5 Å². The number of rotatable bonds is 6. The van der Waals surface area contributed by atoms with Crippen molar-refractivity contribution < 1.29 is 9.21 Å². The molecule has 1 atom stereocenters. The molecule has 0 aromatic carbocycles. The molecule has 3 aromatic heterocycles. The van der Waals surface area contributed by atoms with Crippen LogP contribution in [0.2, 0.25) is 0 Å². The van der Waals surface area contributed by atoms with Crippen LogP contribution in [0.15, 0.2) is 29.1 Å². The lowest BCUT2D eigenvalue weighted by Gasteiger charge is -2.33. The Hall–Kier alpha value is -3.38. The van der Waals surface area contributed by atoms with E-state index in [-0.39, 0.29) is 18.4 Å². The number of amides is 1. The molecular formula is C20H23N7O2.